The van der Waals surface area contributed by atoms with Crippen LogP contribution in [0, 0.1) is 12.8 Å². The van der Waals surface area contributed by atoms with Gasteiger partial charge in [0, 0.05) is 25.3 Å². The van der Waals surface area contributed by atoms with Crippen LogP contribution in [0.4, 0.5) is 5.13 Å². The molecule has 1 saturated heterocycles. The number of fused-ring (bicyclic) bond motifs is 1. The molecule has 8 nitrogen and oxygen atoms in total. The standard InChI is InChI=1S/C21H22ClN3O5S3/c1-13-6-7-17(22)19-18(13)23-21(31-19)24-20(26)14-8-10-25(11-9-14)33(29,30)16-5-3-4-15(12-16)32(2,27)28/h3-7,12,14H,8-11H2,1-2H3,(H,23,24,26). The Morgan fingerprint density at radius 1 is 1.12 bits per heavy atom. The Morgan fingerprint density at radius 3 is 2.42 bits per heavy atom. The highest BCUT2D eigenvalue weighted by atomic mass is 35.5. The molecule has 2 heterocycles. The summed E-state index contributed by atoms with van der Waals surface area (Å²) in [6.07, 6.45) is 1.73. The van der Waals surface area contributed by atoms with E-state index in [9.17, 15) is 21.6 Å². The van der Waals surface area contributed by atoms with Gasteiger partial charge in [0.25, 0.3) is 0 Å². The van der Waals surface area contributed by atoms with Gasteiger partial charge in [-0.2, -0.15) is 4.31 Å². The molecular formula is C21H22ClN3O5S3. The van der Waals surface area contributed by atoms with Crippen LogP contribution in [0.1, 0.15) is 18.4 Å². The molecule has 1 aliphatic heterocycles. The number of thiazole rings is 1. The van der Waals surface area contributed by atoms with Crippen molar-refractivity contribution in [1.82, 2.24) is 9.29 Å². The largest absolute Gasteiger partial charge is 0.302 e. The zero-order chi connectivity index (χ0) is 24.0. The number of anilines is 1. The van der Waals surface area contributed by atoms with Crippen molar-refractivity contribution < 1.29 is 21.6 Å². The van der Waals surface area contributed by atoms with Gasteiger partial charge in [-0.05, 0) is 49.6 Å². The monoisotopic (exact) mass is 527 g/mol. The molecule has 1 aromatic heterocycles. The molecule has 0 saturated carbocycles. The van der Waals surface area contributed by atoms with Crippen LogP contribution in [0.2, 0.25) is 5.02 Å². The van der Waals surface area contributed by atoms with E-state index in [0.717, 1.165) is 22.0 Å². The summed E-state index contributed by atoms with van der Waals surface area (Å²) in [6.45, 7) is 2.24. The van der Waals surface area contributed by atoms with Crippen molar-refractivity contribution in [3.05, 3.63) is 47.0 Å². The lowest BCUT2D eigenvalue weighted by Gasteiger charge is -2.30. The van der Waals surface area contributed by atoms with Crippen LogP contribution in [0.5, 0.6) is 0 Å². The van der Waals surface area contributed by atoms with Gasteiger partial charge in [-0.1, -0.05) is 35.1 Å². The van der Waals surface area contributed by atoms with E-state index < -0.39 is 19.9 Å². The van der Waals surface area contributed by atoms with Crippen LogP contribution in [0.25, 0.3) is 10.2 Å². The molecule has 1 N–H and O–H groups in total. The Labute approximate surface area is 201 Å². The Balaban J connectivity index is 1.44. The van der Waals surface area contributed by atoms with Crippen LogP contribution in [0.15, 0.2) is 46.2 Å². The number of nitrogens with zero attached hydrogens (tertiary/aromatic N) is 2. The number of piperidine rings is 1. The van der Waals surface area contributed by atoms with Crippen LogP contribution in [-0.4, -0.2) is 51.4 Å². The molecule has 4 rings (SSSR count). The zero-order valence-electron chi connectivity index (χ0n) is 17.9. The minimum atomic E-state index is -3.87. The molecule has 2 aromatic carbocycles. The number of hydrogen-bond acceptors (Lipinski definition) is 7. The molecule has 176 valence electrons. The highest BCUT2D eigenvalue weighted by molar-refractivity contribution is 7.91. The van der Waals surface area contributed by atoms with Gasteiger partial charge in [0.2, 0.25) is 15.9 Å². The summed E-state index contributed by atoms with van der Waals surface area (Å²) in [6, 6.07) is 8.99. The Hall–Kier alpha value is -2.05. The van der Waals surface area contributed by atoms with Gasteiger partial charge in [0.1, 0.15) is 0 Å². The quantitative estimate of drug-likeness (QED) is 0.541. The van der Waals surface area contributed by atoms with E-state index >= 15 is 0 Å². The van der Waals surface area contributed by atoms with Crippen molar-refractivity contribution in [3.63, 3.8) is 0 Å². The molecule has 0 atom stereocenters. The molecule has 0 radical (unpaired) electrons. The number of sulfonamides is 1. The second-order valence-electron chi connectivity index (χ2n) is 7.98. The fraction of sp³-hybridized carbons (Fsp3) is 0.333. The molecular weight excluding hydrogens is 506 g/mol. The van der Waals surface area contributed by atoms with Gasteiger partial charge in [0.05, 0.1) is 25.0 Å². The first-order valence-corrected chi connectivity index (χ1v) is 14.7. The van der Waals surface area contributed by atoms with Gasteiger partial charge in [-0.15, -0.1) is 0 Å². The van der Waals surface area contributed by atoms with Crippen molar-refractivity contribution in [2.45, 2.75) is 29.6 Å². The minimum absolute atomic E-state index is 0.0518. The summed E-state index contributed by atoms with van der Waals surface area (Å²) in [5.41, 5.74) is 1.71. The molecule has 0 spiro atoms. The number of rotatable bonds is 5. The van der Waals surface area contributed by atoms with Crippen molar-refractivity contribution in [2.24, 2.45) is 5.92 Å². The van der Waals surface area contributed by atoms with E-state index in [4.69, 9.17) is 11.6 Å². The Kier molecular flexibility index (Phi) is 6.53. The summed E-state index contributed by atoms with van der Waals surface area (Å²) in [4.78, 5) is 17.1. The first-order valence-electron chi connectivity index (χ1n) is 10.1. The lowest BCUT2D eigenvalue weighted by Crippen LogP contribution is -2.41. The summed E-state index contributed by atoms with van der Waals surface area (Å²) in [5, 5.41) is 3.87. The predicted molar refractivity (Wildman–Crippen MR) is 129 cm³/mol. The average molecular weight is 528 g/mol. The molecule has 1 amide bonds. The summed E-state index contributed by atoms with van der Waals surface area (Å²) in [7, 11) is -7.40. The van der Waals surface area contributed by atoms with Crippen molar-refractivity contribution >= 4 is 64.1 Å². The minimum Gasteiger partial charge on any atom is -0.302 e. The highest BCUT2D eigenvalue weighted by Gasteiger charge is 2.33. The zero-order valence-corrected chi connectivity index (χ0v) is 21.1. The maximum Gasteiger partial charge on any atom is 0.243 e. The molecule has 0 unspecified atom stereocenters. The number of halogens is 1. The van der Waals surface area contributed by atoms with Crippen LogP contribution >= 0.6 is 22.9 Å². The number of sulfone groups is 1. The summed E-state index contributed by atoms with van der Waals surface area (Å²) < 4.78 is 51.7. The molecule has 1 aliphatic rings. The summed E-state index contributed by atoms with van der Waals surface area (Å²) in [5.74, 6) is -0.568. The van der Waals surface area contributed by atoms with E-state index in [0.29, 0.717) is 23.0 Å². The lowest BCUT2D eigenvalue weighted by molar-refractivity contribution is -0.120. The third-order valence-corrected chi connectivity index (χ3v) is 10.1. The van der Waals surface area contributed by atoms with E-state index in [1.54, 1.807) is 6.07 Å². The Bertz CT molecular complexity index is 1400. The number of benzene rings is 2. The molecule has 1 fully saturated rings. The van der Waals surface area contributed by atoms with Crippen LogP contribution < -0.4 is 5.32 Å². The molecule has 0 bridgehead atoms. The number of aryl methyl sites for hydroxylation is 1. The Morgan fingerprint density at radius 2 is 1.79 bits per heavy atom. The predicted octanol–water partition coefficient (Wildman–Crippen LogP) is 3.70. The number of carbonyl (C=O) groups excluding carboxylic acids is 1. The third kappa shape index (κ3) is 4.92. The van der Waals surface area contributed by atoms with Gasteiger partial charge in [-0.25, -0.2) is 21.8 Å². The first kappa shape index (κ1) is 24.1. The average Bonchev–Trinajstić information content (AvgIpc) is 3.21. The van der Waals surface area contributed by atoms with Crippen molar-refractivity contribution in [3.8, 4) is 0 Å². The van der Waals surface area contributed by atoms with E-state index in [2.05, 4.69) is 10.3 Å². The number of nitrogens with one attached hydrogen (secondary N) is 1. The summed E-state index contributed by atoms with van der Waals surface area (Å²) >= 11 is 7.54. The smallest absolute Gasteiger partial charge is 0.243 e. The molecule has 3 aromatic rings. The van der Waals surface area contributed by atoms with Crippen LogP contribution in [-0.2, 0) is 24.7 Å². The fourth-order valence-electron chi connectivity index (χ4n) is 3.74. The van der Waals surface area contributed by atoms with Gasteiger partial charge in [-0.3, -0.25) is 4.79 Å². The van der Waals surface area contributed by atoms with E-state index in [1.165, 1.54) is 39.9 Å². The second-order valence-corrected chi connectivity index (χ2v) is 13.3. The van der Waals surface area contributed by atoms with E-state index in [-0.39, 0.29) is 34.7 Å². The second kappa shape index (κ2) is 8.95. The topological polar surface area (TPSA) is 114 Å². The fourth-order valence-corrected chi connectivity index (χ4v) is 7.21. The van der Waals surface area contributed by atoms with Gasteiger partial charge in [0.15, 0.2) is 15.0 Å². The van der Waals surface area contributed by atoms with Crippen molar-refractivity contribution in [2.75, 3.05) is 24.7 Å². The van der Waals surface area contributed by atoms with Gasteiger partial charge >= 0.3 is 0 Å². The van der Waals surface area contributed by atoms with Crippen molar-refractivity contribution in [1.29, 1.82) is 0 Å². The maximum atomic E-state index is 13.0. The first-order chi connectivity index (χ1) is 15.5. The maximum absolute atomic E-state index is 13.0. The van der Waals surface area contributed by atoms with Gasteiger partial charge < -0.3 is 5.32 Å². The SMILES string of the molecule is Cc1ccc(Cl)c2sc(NC(=O)C3CCN(S(=O)(=O)c4cccc(S(C)(=O)=O)c4)CC3)nc12. The molecule has 12 heteroatoms. The number of hydrogen-bond donors (Lipinski definition) is 1. The number of aromatic nitrogens is 1. The third-order valence-electron chi connectivity index (χ3n) is 5.62. The highest BCUT2D eigenvalue weighted by Crippen LogP contribution is 2.34. The lowest BCUT2D eigenvalue weighted by atomic mass is 9.97. The normalized spacial score (nSPS) is 16.2. The van der Waals surface area contributed by atoms with E-state index in [1.807, 2.05) is 13.0 Å². The molecule has 0 aliphatic carbocycles. The number of amides is 1. The molecule has 33 heavy (non-hydrogen) atoms. The van der Waals surface area contributed by atoms with Crippen LogP contribution in [0.3, 0.4) is 0 Å². The number of carbonyl (C=O) groups is 1.